The summed E-state index contributed by atoms with van der Waals surface area (Å²) in [6, 6.07) is 0. The predicted octanol–water partition coefficient (Wildman–Crippen LogP) is 4.07. The summed E-state index contributed by atoms with van der Waals surface area (Å²) >= 11 is 1.44. The van der Waals surface area contributed by atoms with Crippen molar-refractivity contribution in [2.45, 2.75) is 59.5 Å². The number of likely N-dealkylation sites (tertiary alicyclic amines) is 1. The molecule has 2 rings (SSSR count). The van der Waals surface area contributed by atoms with Crippen LogP contribution in [0.4, 0.5) is 4.79 Å². The number of hydrogen-bond donors (Lipinski definition) is 0. The molecule has 1 unspecified atom stereocenters. The zero-order chi connectivity index (χ0) is 18.3. The van der Waals surface area contributed by atoms with E-state index in [1.165, 1.54) is 11.3 Å². The van der Waals surface area contributed by atoms with Gasteiger partial charge < -0.3 is 14.4 Å². The first-order chi connectivity index (χ1) is 11.3. The van der Waals surface area contributed by atoms with Gasteiger partial charge in [0.2, 0.25) is 0 Å². The first-order valence-electron chi connectivity index (χ1n) is 8.40. The van der Waals surface area contributed by atoms with Crippen molar-refractivity contribution in [1.82, 2.24) is 9.88 Å². The molecule has 0 saturated carbocycles. The predicted molar refractivity (Wildman–Crippen MR) is 94.6 cm³/mol. The average Bonchev–Trinajstić information content (AvgIpc) is 3.17. The second-order valence-corrected chi connectivity index (χ2v) is 7.09. The lowest BCUT2D eigenvalue weighted by atomic mass is 10.1. The second kappa shape index (κ2) is 9.01. The third-order valence-corrected chi connectivity index (χ3v) is 4.20. The number of esters is 1. The van der Waals surface area contributed by atoms with Gasteiger partial charge in [0.25, 0.3) is 0 Å². The molecule has 1 amide bonds. The van der Waals surface area contributed by atoms with E-state index in [2.05, 4.69) is 4.98 Å². The molecule has 0 radical (unpaired) electrons. The van der Waals surface area contributed by atoms with Crippen LogP contribution in [0.2, 0.25) is 0 Å². The van der Waals surface area contributed by atoms with Gasteiger partial charge in [0.1, 0.15) is 5.60 Å². The molecule has 1 atom stereocenters. The third kappa shape index (κ3) is 5.78. The van der Waals surface area contributed by atoms with Crippen molar-refractivity contribution < 1.29 is 19.1 Å². The molecule has 0 N–H and O–H groups in total. The lowest BCUT2D eigenvalue weighted by Crippen LogP contribution is -2.35. The highest BCUT2D eigenvalue weighted by atomic mass is 32.1. The van der Waals surface area contributed by atoms with E-state index in [1.807, 2.05) is 34.6 Å². The number of thiazole rings is 1. The van der Waals surface area contributed by atoms with Crippen molar-refractivity contribution in [2.75, 3.05) is 19.7 Å². The average molecular weight is 356 g/mol. The maximum atomic E-state index is 12.0. The molecular formula is C17H28N2O4S. The maximum absolute atomic E-state index is 12.0. The van der Waals surface area contributed by atoms with Gasteiger partial charge in [-0.15, -0.1) is 11.3 Å². The Morgan fingerprint density at radius 2 is 2.04 bits per heavy atom. The Balaban J connectivity index is 0.00000139. The number of carbonyl (C=O) groups is 2. The fourth-order valence-electron chi connectivity index (χ4n) is 2.23. The minimum Gasteiger partial charge on any atom is -0.461 e. The fourth-order valence-corrected chi connectivity index (χ4v) is 3.15. The van der Waals surface area contributed by atoms with E-state index in [0.29, 0.717) is 25.4 Å². The molecule has 0 aromatic carbocycles. The molecule has 0 aliphatic carbocycles. The number of hydrogen-bond acceptors (Lipinski definition) is 6. The molecule has 1 fully saturated rings. The van der Waals surface area contributed by atoms with Crippen molar-refractivity contribution >= 4 is 23.4 Å². The zero-order valence-electron chi connectivity index (χ0n) is 15.4. The molecule has 6 nitrogen and oxygen atoms in total. The van der Waals surface area contributed by atoms with Crippen LogP contribution < -0.4 is 0 Å². The number of rotatable bonds is 3. The van der Waals surface area contributed by atoms with Crippen LogP contribution in [-0.2, 0) is 9.47 Å². The van der Waals surface area contributed by atoms with Gasteiger partial charge in [-0.1, -0.05) is 13.8 Å². The molecule has 1 aliphatic heterocycles. The minimum atomic E-state index is -0.493. The summed E-state index contributed by atoms with van der Waals surface area (Å²) in [6.45, 7) is 12.9. The summed E-state index contributed by atoms with van der Waals surface area (Å²) < 4.78 is 10.3. The van der Waals surface area contributed by atoms with E-state index in [9.17, 15) is 9.59 Å². The van der Waals surface area contributed by atoms with E-state index >= 15 is 0 Å². The number of amides is 1. The Hall–Kier alpha value is -1.63. The quantitative estimate of drug-likeness (QED) is 0.764. The van der Waals surface area contributed by atoms with E-state index in [4.69, 9.17) is 9.47 Å². The molecule has 24 heavy (non-hydrogen) atoms. The molecule has 1 aromatic rings. The smallest absolute Gasteiger partial charge is 0.410 e. The summed E-state index contributed by atoms with van der Waals surface area (Å²) in [5, 5.41) is 2.58. The van der Waals surface area contributed by atoms with Crippen LogP contribution in [-0.4, -0.2) is 47.2 Å². The molecule has 7 heteroatoms. The Labute approximate surface area is 148 Å². The van der Waals surface area contributed by atoms with Gasteiger partial charge >= 0.3 is 12.1 Å². The van der Waals surface area contributed by atoms with Crippen molar-refractivity contribution in [1.29, 1.82) is 0 Å². The Kier molecular flexibility index (Phi) is 7.66. The van der Waals surface area contributed by atoms with Gasteiger partial charge in [-0.2, -0.15) is 0 Å². The lowest BCUT2D eigenvalue weighted by molar-refractivity contribution is 0.0292. The molecule has 1 aliphatic rings. The molecule has 0 spiro atoms. The van der Waals surface area contributed by atoms with E-state index in [0.717, 1.165) is 11.4 Å². The monoisotopic (exact) mass is 356 g/mol. The van der Waals surface area contributed by atoms with Crippen LogP contribution in [0.1, 0.15) is 69.4 Å². The van der Waals surface area contributed by atoms with Gasteiger partial charge in [0.05, 0.1) is 11.6 Å². The van der Waals surface area contributed by atoms with Crippen LogP contribution in [0.25, 0.3) is 0 Å². The zero-order valence-corrected chi connectivity index (χ0v) is 16.2. The maximum Gasteiger partial charge on any atom is 0.410 e. The van der Waals surface area contributed by atoms with Gasteiger partial charge in [-0.25, -0.2) is 14.6 Å². The Morgan fingerprint density at radius 3 is 2.62 bits per heavy atom. The van der Waals surface area contributed by atoms with Gasteiger partial charge in [-0.3, -0.25) is 0 Å². The molecule has 2 heterocycles. The number of aromatic nitrogens is 1. The van der Waals surface area contributed by atoms with Crippen LogP contribution in [0.3, 0.4) is 0 Å². The van der Waals surface area contributed by atoms with Crippen LogP contribution in [0.15, 0.2) is 5.38 Å². The van der Waals surface area contributed by atoms with E-state index < -0.39 is 11.6 Å². The normalized spacial score (nSPS) is 17.1. The molecule has 0 bridgehead atoms. The SMILES string of the molecule is CC.CCOC(=O)c1csc(C2CCN(C(=O)OC(C)(C)C)C2)n1. The number of nitrogens with zero attached hydrogens (tertiary/aromatic N) is 2. The summed E-state index contributed by atoms with van der Waals surface area (Å²) in [5.41, 5.74) is -0.148. The first-order valence-corrected chi connectivity index (χ1v) is 9.28. The Morgan fingerprint density at radius 1 is 1.38 bits per heavy atom. The fraction of sp³-hybridized carbons (Fsp3) is 0.706. The van der Waals surface area contributed by atoms with Crippen LogP contribution in [0.5, 0.6) is 0 Å². The van der Waals surface area contributed by atoms with Crippen LogP contribution >= 0.6 is 11.3 Å². The molecule has 136 valence electrons. The summed E-state index contributed by atoms with van der Waals surface area (Å²) in [4.78, 5) is 29.7. The molecule has 1 saturated heterocycles. The van der Waals surface area contributed by atoms with Crippen LogP contribution in [0, 0.1) is 0 Å². The summed E-state index contributed by atoms with van der Waals surface area (Å²) in [6.07, 6.45) is 0.534. The highest BCUT2D eigenvalue weighted by Crippen LogP contribution is 2.30. The minimum absolute atomic E-state index is 0.153. The van der Waals surface area contributed by atoms with Crippen molar-refractivity contribution in [3.05, 3.63) is 16.1 Å². The first kappa shape index (κ1) is 20.4. The van der Waals surface area contributed by atoms with Gasteiger partial charge in [0, 0.05) is 24.4 Å². The summed E-state index contributed by atoms with van der Waals surface area (Å²) in [7, 11) is 0. The van der Waals surface area contributed by atoms with Crippen molar-refractivity contribution in [3.63, 3.8) is 0 Å². The van der Waals surface area contributed by atoms with Crippen molar-refractivity contribution in [2.24, 2.45) is 0 Å². The standard InChI is InChI=1S/C15H22N2O4S.C2H6/c1-5-20-13(18)11-9-22-12(16-11)10-6-7-17(8-10)14(19)21-15(2,3)4;1-2/h9-10H,5-8H2,1-4H3;1-2H3. The molecule has 1 aromatic heterocycles. The lowest BCUT2D eigenvalue weighted by Gasteiger charge is -2.24. The highest BCUT2D eigenvalue weighted by molar-refractivity contribution is 7.09. The van der Waals surface area contributed by atoms with Gasteiger partial charge in [0.15, 0.2) is 5.69 Å². The highest BCUT2D eigenvalue weighted by Gasteiger charge is 2.32. The largest absolute Gasteiger partial charge is 0.461 e. The number of ether oxygens (including phenoxy) is 2. The summed E-state index contributed by atoms with van der Waals surface area (Å²) in [5.74, 6) is -0.243. The number of carbonyl (C=O) groups excluding carboxylic acids is 2. The topological polar surface area (TPSA) is 68.7 Å². The van der Waals surface area contributed by atoms with Crippen molar-refractivity contribution in [3.8, 4) is 0 Å². The molecular weight excluding hydrogens is 328 g/mol. The van der Waals surface area contributed by atoms with E-state index in [1.54, 1.807) is 17.2 Å². The third-order valence-electron chi connectivity index (χ3n) is 3.20. The second-order valence-electron chi connectivity index (χ2n) is 6.20. The van der Waals surface area contributed by atoms with Gasteiger partial charge in [-0.05, 0) is 34.1 Å². The van der Waals surface area contributed by atoms with E-state index in [-0.39, 0.29) is 12.0 Å². The Bertz CT molecular complexity index is 551.